The number of rotatable bonds is 3. The summed E-state index contributed by atoms with van der Waals surface area (Å²) in [5, 5.41) is 2.69. The van der Waals surface area contributed by atoms with Gasteiger partial charge in [-0.2, -0.15) is 0 Å². The summed E-state index contributed by atoms with van der Waals surface area (Å²) < 4.78 is 0.467. The molecule has 0 atom stereocenters. The molecule has 1 N–H and O–H groups in total. The van der Waals surface area contributed by atoms with Crippen molar-refractivity contribution in [2.24, 2.45) is 0 Å². The molecule has 7 heteroatoms. The molecule has 0 radical (unpaired) electrons. The number of benzene rings is 1. The van der Waals surface area contributed by atoms with E-state index in [1.165, 1.54) is 23.6 Å². The number of nitrogens with one attached hydrogen (secondary N) is 1. The molecule has 1 aromatic carbocycles. The van der Waals surface area contributed by atoms with Crippen molar-refractivity contribution in [3.8, 4) is 0 Å². The monoisotopic (exact) mass is 355 g/mol. The molecule has 0 bridgehead atoms. The highest BCUT2D eigenvalue weighted by Crippen LogP contribution is 2.36. The van der Waals surface area contributed by atoms with E-state index in [1.54, 1.807) is 36.5 Å². The number of thioether (sulfide) groups is 1. The first-order valence-corrected chi connectivity index (χ1v) is 8.34. The topological polar surface area (TPSA) is 62.3 Å². The van der Waals surface area contributed by atoms with E-state index in [2.05, 4.69) is 10.3 Å². The molecule has 0 spiro atoms. The van der Waals surface area contributed by atoms with Gasteiger partial charge < -0.3 is 5.32 Å². The summed E-state index contributed by atoms with van der Waals surface area (Å²) in [5.74, 6) is -0.324. The number of hydrogen-bond donors (Lipinski definition) is 1. The number of pyridine rings is 1. The van der Waals surface area contributed by atoms with Gasteiger partial charge in [-0.3, -0.25) is 19.5 Å². The second-order valence-electron chi connectivity index (χ2n) is 5.00. The molecular weight excluding hydrogens is 342 g/mol. The largest absolute Gasteiger partial charge is 0.326 e. The van der Waals surface area contributed by atoms with E-state index in [-0.39, 0.29) is 11.8 Å². The van der Waals surface area contributed by atoms with E-state index in [0.717, 1.165) is 0 Å². The molecule has 1 fully saturated rings. The predicted molar refractivity (Wildman–Crippen MR) is 101 cm³/mol. The van der Waals surface area contributed by atoms with Crippen LogP contribution in [0.1, 0.15) is 12.6 Å². The summed E-state index contributed by atoms with van der Waals surface area (Å²) in [6.07, 6.45) is 3.40. The van der Waals surface area contributed by atoms with Crippen molar-refractivity contribution in [1.29, 1.82) is 0 Å². The minimum Gasteiger partial charge on any atom is -0.326 e. The lowest BCUT2D eigenvalue weighted by Crippen LogP contribution is -2.27. The van der Waals surface area contributed by atoms with Gasteiger partial charge in [0.2, 0.25) is 5.91 Å². The zero-order valence-corrected chi connectivity index (χ0v) is 14.4. The van der Waals surface area contributed by atoms with Gasteiger partial charge in [-0.15, -0.1) is 0 Å². The van der Waals surface area contributed by atoms with Crippen LogP contribution < -0.4 is 10.2 Å². The Morgan fingerprint density at radius 2 is 2.00 bits per heavy atom. The third kappa shape index (κ3) is 3.52. The molecule has 0 unspecified atom stereocenters. The van der Waals surface area contributed by atoms with Crippen LogP contribution in [0.3, 0.4) is 0 Å². The smallest absolute Gasteiger partial charge is 0.270 e. The normalized spacial score (nSPS) is 15.9. The van der Waals surface area contributed by atoms with Gasteiger partial charge in [-0.25, -0.2) is 0 Å². The summed E-state index contributed by atoms with van der Waals surface area (Å²) in [5.41, 5.74) is 2.04. The zero-order valence-electron chi connectivity index (χ0n) is 12.7. The average Bonchev–Trinajstić information content (AvgIpc) is 2.83. The van der Waals surface area contributed by atoms with Crippen molar-refractivity contribution < 1.29 is 9.59 Å². The van der Waals surface area contributed by atoms with E-state index in [1.807, 2.05) is 18.2 Å². The van der Waals surface area contributed by atoms with Crippen LogP contribution in [0.4, 0.5) is 11.4 Å². The van der Waals surface area contributed by atoms with Gasteiger partial charge in [0.15, 0.2) is 4.32 Å². The van der Waals surface area contributed by atoms with Gasteiger partial charge in [-0.05, 0) is 42.5 Å². The number of carbonyl (C=O) groups excluding carboxylic acids is 2. The quantitative estimate of drug-likeness (QED) is 0.675. The molecule has 2 heterocycles. The van der Waals surface area contributed by atoms with E-state index in [4.69, 9.17) is 12.2 Å². The van der Waals surface area contributed by atoms with Crippen molar-refractivity contribution in [2.75, 3.05) is 10.2 Å². The number of hydrogen-bond acceptors (Lipinski definition) is 5. The molecule has 120 valence electrons. The Morgan fingerprint density at radius 1 is 1.25 bits per heavy atom. The first-order valence-electron chi connectivity index (χ1n) is 7.11. The molecule has 1 aromatic heterocycles. The molecule has 24 heavy (non-hydrogen) atoms. The van der Waals surface area contributed by atoms with Crippen molar-refractivity contribution in [3.63, 3.8) is 0 Å². The summed E-state index contributed by atoms with van der Waals surface area (Å²) >= 11 is 6.58. The lowest BCUT2D eigenvalue weighted by molar-refractivity contribution is -0.114. The summed E-state index contributed by atoms with van der Waals surface area (Å²) in [6, 6.07) is 12.5. The molecule has 0 saturated carbocycles. The van der Waals surface area contributed by atoms with Gasteiger partial charge in [0, 0.05) is 18.8 Å². The van der Waals surface area contributed by atoms with Crippen molar-refractivity contribution in [2.45, 2.75) is 6.92 Å². The predicted octanol–water partition coefficient (Wildman–Crippen LogP) is 3.45. The van der Waals surface area contributed by atoms with Crippen LogP contribution in [0.5, 0.6) is 0 Å². The number of amides is 2. The Balaban J connectivity index is 1.84. The van der Waals surface area contributed by atoms with E-state index in [9.17, 15) is 9.59 Å². The number of carbonyl (C=O) groups is 2. The molecule has 1 aliphatic heterocycles. The van der Waals surface area contributed by atoms with Crippen LogP contribution in [0, 0.1) is 0 Å². The highest BCUT2D eigenvalue weighted by Gasteiger charge is 2.33. The molecular formula is C17H13N3O2S2. The standard InChI is InChI=1S/C17H13N3O2S2/c1-11(21)19-12-5-7-14(8-6-12)20-16(22)15(24-17(20)23)10-13-4-2-3-9-18-13/h2-10H,1H3,(H,19,21)/b15-10+. The van der Waals surface area contributed by atoms with Gasteiger partial charge in [0.1, 0.15) is 0 Å². The minimum absolute atomic E-state index is 0.147. The summed E-state index contributed by atoms with van der Waals surface area (Å²) in [4.78, 5) is 29.9. The molecule has 0 aliphatic carbocycles. The molecule has 2 amide bonds. The molecule has 1 aliphatic rings. The number of nitrogens with zero attached hydrogens (tertiary/aromatic N) is 2. The van der Waals surface area contributed by atoms with Gasteiger partial charge in [-0.1, -0.05) is 30.0 Å². The summed E-state index contributed by atoms with van der Waals surface area (Å²) in [6.45, 7) is 1.44. The maximum atomic E-state index is 12.6. The van der Waals surface area contributed by atoms with E-state index in [0.29, 0.717) is 26.3 Å². The Kier molecular flexibility index (Phi) is 4.73. The van der Waals surface area contributed by atoms with Gasteiger partial charge in [0.25, 0.3) is 5.91 Å². The van der Waals surface area contributed by atoms with Gasteiger partial charge >= 0.3 is 0 Å². The first kappa shape index (κ1) is 16.4. The summed E-state index contributed by atoms with van der Waals surface area (Å²) in [7, 11) is 0. The highest BCUT2D eigenvalue weighted by atomic mass is 32.2. The van der Waals surface area contributed by atoms with E-state index >= 15 is 0 Å². The van der Waals surface area contributed by atoms with Crippen molar-refractivity contribution in [3.05, 3.63) is 59.3 Å². The first-order chi connectivity index (χ1) is 11.5. The fourth-order valence-electron chi connectivity index (χ4n) is 2.18. The average molecular weight is 355 g/mol. The Bertz CT molecular complexity index is 833. The Hall–Kier alpha value is -2.51. The third-order valence-electron chi connectivity index (χ3n) is 3.21. The fraction of sp³-hybridized carbons (Fsp3) is 0.0588. The van der Waals surface area contributed by atoms with Crippen molar-refractivity contribution >= 4 is 57.6 Å². The Morgan fingerprint density at radius 3 is 2.62 bits per heavy atom. The molecule has 5 nitrogen and oxygen atoms in total. The van der Waals surface area contributed by atoms with Crippen LogP contribution in [0.2, 0.25) is 0 Å². The number of thiocarbonyl (C=S) groups is 1. The molecule has 1 saturated heterocycles. The highest BCUT2D eigenvalue weighted by molar-refractivity contribution is 8.27. The van der Waals surface area contributed by atoms with Gasteiger partial charge in [0.05, 0.1) is 16.3 Å². The van der Waals surface area contributed by atoms with Crippen LogP contribution in [0.15, 0.2) is 53.6 Å². The van der Waals surface area contributed by atoms with Crippen LogP contribution in [-0.2, 0) is 9.59 Å². The van der Waals surface area contributed by atoms with Crippen molar-refractivity contribution in [1.82, 2.24) is 4.98 Å². The number of anilines is 2. The number of aromatic nitrogens is 1. The van der Waals surface area contributed by atoms with Crippen LogP contribution in [0.25, 0.3) is 6.08 Å². The van der Waals surface area contributed by atoms with Crippen LogP contribution in [-0.4, -0.2) is 21.1 Å². The van der Waals surface area contributed by atoms with Crippen LogP contribution >= 0.6 is 24.0 Å². The second-order valence-corrected chi connectivity index (χ2v) is 6.68. The fourth-order valence-corrected chi connectivity index (χ4v) is 3.47. The SMILES string of the molecule is CC(=O)Nc1ccc(N2C(=O)/C(=C\c3ccccn3)SC2=S)cc1. The maximum absolute atomic E-state index is 12.6. The molecule has 3 rings (SSSR count). The Labute approximate surface area is 148 Å². The van der Waals surface area contributed by atoms with E-state index < -0.39 is 0 Å². The molecule has 2 aromatic rings. The maximum Gasteiger partial charge on any atom is 0.270 e. The minimum atomic E-state index is -0.178. The lowest BCUT2D eigenvalue weighted by atomic mass is 10.2. The zero-order chi connectivity index (χ0) is 17.1. The lowest BCUT2D eigenvalue weighted by Gasteiger charge is -2.15. The third-order valence-corrected chi connectivity index (χ3v) is 4.51. The second kappa shape index (κ2) is 6.94.